The first-order valence-corrected chi connectivity index (χ1v) is 7.02. The maximum atomic E-state index is 12.3. The van der Waals surface area contributed by atoms with E-state index in [2.05, 4.69) is 22.1 Å². The quantitative estimate of drug-likeness (QED) is 0.832. The van der Waals surface area contributed by atoms with Crippen molar-refractivity contribution in [3.05, 3.63) is 45.4 Å². The Labute approximate surface area is 122 Å². The molecule has 0 saturated carbocycles. The van der Waals surface area contributed by atoms with E-state index in [0.29, 0.717) is 16.1 Å². The number of nitrogens with two attached hydrogens (primary N) is 1. The Balaban J connectivity index is 2.22. The van der Waals surface area contributed by atoms with Gasteiger partial charge in [-0.05, 0) is 37.4 Å². The third-order valence-electron chi connectivity index (χ3n) is 2.67. The summed E-state index contributed by atoms with van der Waals surface area (Å²) in [6, 6.07) is 5.54. The Bertz CT molecular complexity index is 695. The fourth-order valence-electron chi connectivity index (χ4n) is 1.73. The maximum absolute atomic E-state index is 12.3. The fourth-order valence-corrected chi connectivity index (χ4v) is 2.47. The molecule has 0 aromatic carbocycles. The van der Waals surface area contributed by atoms with Crippen molar-refractivity contribution in [3.63, 3.8) is 0 Å². The minimum Gasteiger partial charge on any atom is -0.320 e. The first-order chi connectivity index (χ1) is 9.61. The lowest BCUT2D eigenvalue weighted by molar-refractivity contribution is 0.103. The van der Waals surface area contributed by atoms with Gasteiger partial charge in [-0.1, -0.05) is 11.8 Å². The van der Waals surface area contributed by atoms with Crippen LogP contribution in [0.15, 0.2) is 23.6 Å². The average Bonchev–Trinajstić information content (AvgIpc) is 2.88. The number of amides is 1. The number of aromatic nitrogens is 1. The van der Waals surface area contributed by atoms with Crippen molar-refractivity contribution in [2.24, 2.45) is 5.73 Å². The molecule has 2 aromatic heterocycles. The molecule has 1 amide bonds. The van der Waals surface area contributed by atoms with Gasteiger partial charge in [0.2, 0.25) is 0 Å². The van der Waals surface area contributed by atoms with Gasteiger partial charge < -0.3 is 11.1 Å². The van der Waals surface area contributed by atoms with Gasteiger partial charge in [0.1, 0.15) is 4.88 Å². The Morgan fingerprint density at radius 3 is 2.90 bits per heavy atom. The highest BCUT2D eigenvalue weighted by Gasteiger charge is 2.13. The smallest absolute Gasteiger partial charge is 0.267 e. The fraction of sp³-hybridized carbons (Fsp3) is 0.200. The summed E-state index contributed by atoms with van der Waals surface area (Å²) in [7, 11) is 0. The molecule has 0 aliphatic rings. The van der Waals surface area contributed by atoms with Crippen molar-refractivity contribution >= 4 is 22.9 Å². The molecule has 0 radical (unpaired) electrons. The molecular formula is C15H15N3OS. The molecule has 4 nitrogen and oxygen atoms in total. The van der Waals surface area contributed by atoms with Crippen LogP contribution in [0.4, 0.5) is 5.69 Å². The lowest BCUT2D eigenvalue weighted by Gasteiger charge is -2.07. The molecular weight excluding hydrogens is 270 g/mol. The molecule has 0 bridgehead atoms. The summed E-state index contributed by atoms with van der Waals surface area (Å²) >= 11 is 1.36. The molecule has 5 heteroatoms. The average molecular weight is 285 g/mol. The zero-order chi connectivity index (χ0) is 14.5. The summed E-state index contributed by atoms with van der Waals surface area (Å²) in [4.78, 5) is 17.2. The van der Waals surface area contributed by atoms with Crippen molar-refractivity contribution in [1.29, 1.82) is 0 Å². The van der Waals surface area contributed by atoms with Gasteiger partial charge in [-0.3, -0.25) is 9.78 Å². The van der Waals surface area contributed by atoms with E-state index in [1.807, 2.05) is 37.4 Å². The van der Waals surface area contributed by atoms with Crippen LogP contribution in [0.25, 0.3) is 0 Å². The van der Waals surface area contributed by atoms with E-state index in [-0.39, 0.29) is 12.5 Å². The molecule has 2 heterocycles. The highest BCUT2D eigenvalue weighted by atomic mass is 32.1. The van der Waals surface area contributed by atoms with Crippen LogP contribution in [-0.2, 0) is 0 Å². The van der Waals surface area contributed by atoms with Gasteiger partial charge in [0.15, 0.2) is 0 Å². The highest BCUT2D eigenvalue weighted by Crippen LogP contribution is 2.19. The number of rotatable bonds is 2. The largest absolute Gasteiger partial charge is 0.320 e. The molecule has 0 unspecified atom stereocenters. The molecule has 3 N–H and O–H groups in total. The van der Waals surface area contributed by atoms with E-state index in [0.717, 1.165) is 11.4 Å². The Morgan fingerprint density at radius 2 is 2.20 bits per heavy atom. The molecule has 0 aliphatic heterocycles. The van der Waals surface area contributed by atoms with Crippen LogP contribution >= 0.6 is 11.3 Å². The van der Waals surface area contributed by atoms with E-state index >= 15 is 0 Å². The van der Waals surface area contributed by atoms with Crippen LogP contribution in [0.3, 0.4) is 0 Å². The number of hydrogen-bond acceptors (Lipinski definition) is 4. The molecule has 0 fully saturated rings. The summed E-state index contributed by atoms with van der Waals surface area (Å²) in [5, 5.41) is 4.71. The topological polar surface area (TPSA) is 68.0 Å². The first-order valence-electron chi connectivity index (χ1n) is 6.14. The summed E-state index contributed by atoms with van der Waals surface area (Å²) < 4.78 is 0. The number of carbonyl (C=O) groups is 1. The van der Waals surface area contributed by atoms with Crippen LogP contribution in [0.2, 0.25) is 0 Å². The van der Waals surface area contributed by atoms with Gasteiger partial charge >= 0.3 is 0 Å². The second-order valence-electron chi connectivity index (χ2n) is 4.21. The van der Waals surface area contributed by atoms with Crippen LogP contribution in [0, 0.1) is 25.7 Å². The third-order valence-corrected chi connectivity index (χ3v) is 3.58. The predicted octanol–water partition coefficient (Wildman–Crippen LogP) is 2.32. The lowest BCUT2D eigenvalue weighted by Crippen LogP contribution is -2.13. The summed E-state index contributed by atoms with van der Waals surface area (Å²) in [5.41, 5.74) is 8.49. The van der Waals surface area contributed by atoms with Crippen molar-refractivity contribution in [2.75, 3.05) is 11.9 Å². The van der Waals surface area contributed by atoms with Gasteiger partial charge in [-0.15, -0.1) is 11.3 Å². The van der Waals surface area contributed by atoms with Crippen molar-refractivity contribution in [3.8, 4) is 11.8 Å². The van der Waals surface area contributed by atoms with Gasteiger partial charge in [0.05, 0.1) is 17.9 Å². The standard InChI is InChI=1S/C15H15N3OS/c1-10-5-6-13(11(2)17-10)18-15(19)14-12(4-3-8-16)7-9-20-14/h5-7,9H,8,16H2,1-2H3,(H,18,19). The van der Waals surface area contributed by atoms with E-state index < -0.39 is 0 Å². The van der Waals surface area contributed by atoms with Gasteiger partial charge in [0, 0.05) is 11.3 Å². The molecule has 20 heavy (non-hydrogen) atoms. The van der Waals surface area contributed by atoms with Crippen molar-refractivity contribution in [1.82, 2.24) is 4.98 Å². The zero-order valence-electron chi connectivity index (χ0n) is 11.4. The number of hydrogen-bond donors (Lipinski definition) is 2. The number of carbonyl (C=O) groups excluding carboxylic acids is 1. The number of anilines is 1. The second kappa shape index (κ2) is 6.33. The second-order valence-corrected chi connectivity index (χ2v) is 5.13. The van der Waals surface area contributed by atoms with Crippen LogP contribution in [0.1, 0.15) is 26.6 Å². The molecule has 0 saturated heterocycles. The van der Waals surface area contributed by atoms with Gasteiger partial charge in [0.25, 0.3) is 5.91 Å². The predicted molar refractivity (Wildman–Crippen MR) is 81.9 cm³/mol. The van der Waals surface area contributed by atoms with Gasteiger partial charge in [-0.2, -0.15) is 0 Å². The zero-order valence-corrected chi connectivity index (χ0v) is 12.2. The lowest BCUT2D eigenvalue weighted by atomic mass is 10.2. The molecule has 2 rings (SSSR count). The van der Waals surface area contributed by atoms with E-state index in [1.165, 1.54) is 11.3 Å². The number of nitrogens with zero attached hydrogens (tertiary/aromatic N) is 1. The van der Waals surface area contributed by atoms with Gasteiger partial charge in [-0.25, -0.2) is 0 Å². The molecule has 102 valence electrons. The Morgan fingerprint density at radius 1 is 1.40 bits per heavy atom. The number of pyridine rings is 1. The van der Waals surface area contributed by atoms with Crippen LogP contribution in [0.5, 0.6) is 0 Å². The van der Waals surface area contributed by atoms with E-state index in [1.54, 1.807) is 0 Å². The number of thiophene rings is 1. The number of aryl methyl sites for hydroxylation is 2. The Kier molecular flexibility index (Phi) is 4.51. The molecule has 0 spiro atoms. The van der Waals surface area contributed by atoms with E-state index in [4.69, 9.17) is 5.73 Å². The normalized spacial score (nSPS) is 9.75. The highest BCUT2D eigenvalue weighted by molar-refractivity contribution is 7.12. The minimum atomic E-state index is -0.171. The van der Waals surface area contributed by atoms with Crippen LogP contribution in [-0.4, -0.2) is 17.4 Å². The van der Waals surface area contributed by atoms with Crippen molar-refractivity contribution < 1.29 is 4.79 Å². The van der Waals surface area contributed by atoms with Crippen LogP contribution < -0.4 is 11.1 Å². The summed E-state index contributed by atoms with van der Waals surface area (Å²) in [6.07, 6.45) is 0. The monoisotopic (exact) mass is 285 g/mol. The first kappa shape index (κ1) is 14.3. The molecule has 0 atom stereocenters. The van der Waals surface area contributed by atoms with Crippen molar-refractivity contribution in [2.45, 2.75) is 13.8 Å². The van der Waals surface area contributed by atoms with E-state index in [9.17, 15) is 4.79 Å². The summed E-state index contributed by atoms with van der Waals surface area (Å²) in [5.74, 6) is 5.49. The minimum absolute atomic E-state index is 0.171. The number of nitrogens with one attached hydrogen (secondary N) is 1. The maximum Gasteiger partial charge on any atom is 0.267 e. The molecule has 2 aromatic rings. The SMILES string of the molecule is Cc1ccc(NC(=O)c2sccc2C#CCN)c(C)n1. The summed E-state index contributed by atoms with van der Waals surface area (Å²) in [6.45, 7) is 4.06. The Hall–Kier alpha value is -2.16. The third kappa shape index (κ3) is 3.23. The molecule has 0 aliphatic carbocycles.